The molecule has 27 heavy (non-hydrogen) atoms. The van der Waals surface area contributed by atoms with E-state index in [1.807, 2.05) is 38.1 Å². The molecule has 1 aliphatic heterocycles. The van der Waals surface area contributed by atoms with Gasteiger partial charge in [-0.2, -0.15) is 0 Å². The first kappa shape index (κ1) is 16.8. The number of aryl methyl sites for hydroxylation is 2. The first-order valence-corrected chi connectivity index (χ1v) is 8.47. The van der Waals surface area contributed by atoms with Crippen LogP contribution in [0.25, 0.3) is 0 Å². The fraction of sp³-hybridized carbons (Fsp3) is 0.150. The van der Waals surface area contributed by atoms with E-state index in [0.717, 1.165) is 16.9 Å². The van der Waals surface area contributed by atoms with Crippen molar-refractivity contribution in [1.29, 1.82) is 0 Å². The Morgan fingerprint density at radius 3 is 2.63 bits per heavy atom. The summed E-state index contributed by atoms with van der Waals surface area (Å²) in [7, 11) is 0. The third kappa shape index (κ3) is 3.67. The number of ether oxygens (including phenoxy) is 2. The maximum Gasteiger partial charge on any atom is 0.274 e. The summed E-state index contributed by atoms with van der Waals surface area (Å²) in [6.07, 6.45) is 1.54. The van der Waals surface area contributed by atoms with Crippen LogP contribution in [-0.4, -0.2) is 22.7 Å². The zero-order valence-electron chi connectivity index (χ0n) is 14.9. The Morgan fingerprint density at radius 1 is 0.963 bits per heavy atom. The molecule has 7 nitrogen and oxygen atoms in total. The van der Waals surface area contributed by atoms with Gasteiger partial charge in [0, 0.05) is 23.6 Å². The van der Waals surface area contributed by atoms with Gasteiger partial charge in [-0.3, -0.25) is 4.79 Å². The molecule has 0 saturated carbocycles. The van der Waals surface area contributed by atoms with E-state index in [1.54, 1.807) is 18.2 Å². The van der Waals surface area contributed by atoms with E-state index in [-0.39, 0.29) is 18.4 Å². The average molecular weight is 362 g/mol. The first-order chi connectivity index (χ1) is 13.1. The molecule has 2 aromatic carbocycles. The van der Waals surface area contributed by atoms with Gasteiger partial charge in [-0.1, -0.05) is 6.07 Å². The number of amides is 1. The van der Waals surface area contributed by atoms with E-state index in [9.17, 15) is 4.79 Å². The number of carbonyl (C=O) groups excluding carboxylic acids is 1. The van der Waals surface area contributed by atoms with Crippen LogP contribution in [0.15, 0.2) is 48.7 Å². The van der Waals surface area contributed by atoms with Gasteiger partial charge in [0.1, 0.15) is 5.69 Å². The molecule has 0 aliphatic carbocycles. The molecule has 1 aromatic heterocycles. The Bertz CT molecular complexity index is 1020. The van der Waals surface area contributed by atoms with E-state index >= 15 is 0 Å². The lowest BCUT2D eigenvalue weighted by molar-refractivity contribution is 0.102. The topological polar surface area (TPSA) is 85.4 Å². The molecule has 0 atom stereocenters. The van der Waals surface area contributed by atoms with Gasteiger partial charge < -0.3 is 20.1 Å². The van der Waals surface area contributed by atoms with Crippen LogP contribution in [-0.2, 0) is 0 Å². The lowest BCUT2D eigenvalue weighted by Gasteiger charge is -2.09. The molecule has 2 N–H and O–H groups in total. The zero-order chi connectivity index (χ0) is 18.8. The summed E-state index contributed by atoms with van der Waals surface area (Å²) in [5.41, 5.74) is 4.02. The second-order valence-electron chi connectivity index (χ2n) is 6.21. The highest BCUT2D eigenvalue weighted by atomic mass is 16.7. The van der Waals surface area contributed by atoms with Crippen LogP contribution >= 0.6 is 0 Å². The number of benzene rings is 2. The van der Waals surface area contributed by atoms with Gasteiger partial charge in [-0.15, -0.1) is 0 Å². The van der Waals surface area contributed by atoms with Crippen LogP contribution in [0, 0.1) is 13.8 Å². The van der Waals surface area contributed by atoms with Crippen molar-refractivity contribution in [2.75, 3.05) is 17.4 Å². The minimum absolute atomic E-state index is 0.212. The number of carbonyl (C=O) groups is 1. The van der Waals surface area contributed by atoms with Gasteiger partial charge in [0.05, 0.1) is 0 Å². The molecule has 2 heterocycles. The maximum atomic E-state index is 12.5. The standard InChI is InChI=1S/C20H18N4O3/c1-12-3-4-14(9-13(12)2)22-19(25)16-7-8-21-20(24-16)23-15-5-6-17-18(10-15)27-11-26-17/h3-10H,11H2,1-2H3,(H,22,25)(H,21,23,24). The van der Waals surface area contributed by atoms with Gasteiger partial charge in [0.15, 0.2) is 11.5 Å². The molecule has 1 aliphatic rings. The Morgan fingerprint density at radius 2 is 1.78 bits per heavy atom. The van der Waals surface area contributed by atoms with Crippen molar-refractivity contribution in [2.24, 2.45) is 0 Å². The molecular formula is C20H18N4O3. The van der Waals surface area contributed by atoms with E-state index in [1.165, 1.54) is 11.8 Å². The molecule has 1 amide bonds. The van der Waals surface area contributed by atoms with Crippen molar-refractivity contribution in [3.05, 3.63) is 65.5 Å². The molecule has 0 radical (unpaired) electrons. The Labute approximate surface area is 156 Å². The highest BCUT2D eigenvalue weighted by Crippen LogP contribution is 2.34. The fourth-order valence-electron chi connectivity index (χ4n) is 2.66. The van der Waals surface area contributed by atoms with Gasteiger partial charge in [0.25, 0.3) is 5.91 Å². The van der Waals surface area contributed by atoms with Gasteiger partial charge >= 0.3 is 0 Å². The molecule has 0 bridgehead atoms. The molecule has 0 unspecified atom stereocenters. The van der Waals surface area contributed by atoms with Crippen molar-refractivity contribution in [2.45, 2.75) is 13.8 Å². The van der Waals surface area contributed by atoms with Gasteiger partial charge in [-0.25, -0.2) is 9.97 Å². The zero-order valence-corrected chi connectivity index (χ0v) is 14.9. The summed E-state index contributed by atoms with van der Waals surface area (Å²) in [4.78, 5) is 21.0. The fourth-order valence-corrected chi connectivity index (χ4v) is 2.66. The lowest BCUT2D eigenvalue weighted by atomic mass is 10.1. The van der Waals surface area contributed by atoms with Crippen molar-refractivity contribution in [1.82, 2.24) is 9.97 Å². The molecular weight excluding hydrogens is 344 g/mol. The van der Waals surface area contributed by atoms with Crippen molar-refractivity contribution >= 4 is 23.2 Å². The number of hydrogen-bond donors (Lipinski definition) is 2. The maximum absolute atomic E-state index is 12.5. The molecule has 0 spiro atoms. The molecule has 0 saturated heterocycles. The van der Waals surface area contributed by atoms with Crippen LogP contribution in [0.1, 0.15) is 21.6 Å². The van der Waals surface area contributed by atoms with Crippen LogP contribution in [0.2, 0.25) is 0 Å². The molecule has 0 fully saturated rings. The number of nitrogens with zero attached hydrogens (tertiary/aromatic N) is 2. The van der Waals surface area contributed by atoms with Crippen LogP contribution in [0.5, 0.6) is 11.5 Å². The van der Waals surface area contributed by atoms with Crippen molar-refractivity contribution < 1.29 is 14.3 Å². The monoisotopic (exact) mass is 362 g/mol. The number of nitrogens with one attached hydrogen (secondary N) is 2. The molecule has 136 valence electrons. The van der Waals surface area contributed by atoms with Crippen LogP contribution in [0.4, 0.5) is 17.3 Å². The Balaban J connectivity index is 1.49. The SMILES string of the molecule is Cc1ccc(NC(=O)c2ccnc(Nc3ccc4c(c3)OCO4)n2)cc1C. The lowest BCUT2D eigenvalue weighted by Crippen LogP contribution is -2.15. The number of aromatic nitrogens is 2. The largest absolute Gasteiger partial charge is 0.454 e. The summed E-state index contributed by atoms with van der Waals surface area (Å²) >= 11 is 0. The average Bonchev–Trinajstić information content (AvgIpc) is 3.13. The van der Waals surface area contributed by atoms with E-state index < -0.39 is 0 Å². The normalized spacial score (nSPS) is 11.9. The highest BCUT2D eigenvalue weighted by Gasteiger charge is 2.14. The number of fused-ring (bicyclic) bond motifs is 1. The summed E-state index contributed by atoms with van der Waals surface area (Å²) in [5, 5.41) is 5.93. The number of anilines is 3. The number of hydrogen-bond acceptors (Lipinski definition) is 6. The third-order valence-electron chi connectivity index (χ3n) is 4.28. The van der Waals surface area contributed by atoms with E-state index in [4.69, 9.17) is 9.47 Å². The Kier molecular flexibility index (Phi) is 4.33. The summed E-state index contributed by atoms with van der Waals surface area (Å²) in [5.74, 6) is 1.38. The summed E-state index contributed by atoms with van der Waals surface area (Å²) in [6, 6.07) is 12.8. The van der Waals surface area contributed by atoms with Gasteiger partial charge in [-0.05, 0) is 55.3 Å². The molecule has 4 rings (SSSR count). The predicted octanol–water partition coefficient (Wildman–Crippen LogP) is 3.82. The van der Waals surface area contributed by atoms with Crippen molar-refractivity contribution in [3.63, 3.8) is 0 Å². The minimum atomic E-state index is -0.297. The van der Waals surface area contributed by atoms with Crippen LogP contribution in [0.3, 0.4) is 0 Å². The quantitative estimate of drug-likeness (QED) is 0.734. The highest BCUT2D eigenvalue weighted by molar-refractivity contribution is 6.03. The minimum Gasteiger partial charge on any atom is -0.454 e. The van der Waals surface area contributed by atoms with E-state index in [2.05, 4.69) is 20.6 Å². The van der Waals surface area contributed by atoms with E-state index in [0.29, 0.717) is 17.4 Å². The summed E-state index contributed by atoms with van der Waals surface area (Å²) in [6.45, 7) is 4.24. The third-order valence-corrected chi connectivity index (χ3v) is 4.28. The van der Waals surface area contributed by atoms with Crippen LogP contribution < -0.4 is 20.1 Å². The molecule has 3 aromatic rings. The van der Waals surface area contributed by atoms with Gasteiger partial charge in [0.2, 0.25) is 12.7 Å². The second kappa shape index (κ2) is 6.95. The predicted molar refractivity (Wildman–Crippen MR) is 102 cm³/mol. The second-order valence-corrected chi connectivity index (χ2v) is 6.21. The Hall–Kier alpha value is -3.61. The first-order valence-electron chi connectivity index (χ1n) is 8.47. The number of rotatable bonds is 4. The summed E-state index contributed by atoms with van der Waals surface area (Å²) < 4.78 is 10.6. The smallest absolute Gasteiger partial charge is 0.274 e. The molecule has 7 heteroatoms. The van der Waals surface area contributed by atoms with Crippen molar-refractivity contribution in [3.8, 4) is 11.5 Å².